The maximum absolute atomic E-state index is 13.1. The SMILES string of the molecule is C=CCCCCCN(C)C(=O)CC(CCOc1cc(-n2ccc(C)n2)nc2cc(OC)ccc12)C(=O)NC1CC1. The van der Waals surface area contributed by atoms with E-state index in [-0.39, 0.29) is 30.9 Å². The molecule has 0 radical (unpaired) electrons. The van der Waals surface area contributed by atoms with E-state index in [4.69, 9.17) is 14.5 Å². The first-order valence-electron chi connectivity index (χ1n) is 14.2. The maximum atomic E-state index is 13.1. The molecule has 2 aromatic heterocycles. The van der Waals surface area contributed by atoms with Crippen molar-refractivity contribution in [3.8, 4) is 17.3 Å². The molecule has 1 aromatic carbocycles. The standard InChI is InChI=1S/C31H41N5O4/c1-5-6-7-8-9-16-35(3)30(37)19-23(31(38)32-24-10-11-24)15-18-40-28-21-29(36-17-14-22(2)34-36)33-27-20-25(39-4)12-13-26(27)28/h5,12-14,17,20-21,23-24H,1,6-11,15-16,18-19H2,2-4H3,(H,32,38). The van der Waals surface area contributed by atoms with Crippen LogP contribution in [-0.2, 0) is 9.59 Å². The Labute approximate surface area is 236 Å². The summed E-state index contributed by atoms with van der Waals surface area (Å²) in [4.78, 5) is 32.6. The van der Waals surface area contributed by atoms with Crippen LogP contribution in [0.2, 0.25) is 0 Å². The molecule has 2 heterocycles. The van der Waals surface area contributed by atoms with E-state index < -0.39 is 5.92 Å². The number of fused-ring (bicyclic) bond motifs is 1. The highest BCUT2D eigenvalue weighted by atomic mass is 16.5. The number of pyridine rings is 1. The van der Waals surface area contributed by atoms with Crippen molar-refractivity contribution in [2.45, 2.75) is 64.3 Å². The maximum Gasteiger partial charge on any atom is 0.223 e. The van der Waals surface area contributed by atoms with E-state index in [1.807, 2.05) is 56.6 Å². The number of aryl methyl sites for hydroxylation is 1. The number of aromatic nitrogens is 3. The van der Waals surface area contributed by atoms with Crippen LogP contribution in [0.25, 0.3) is 16.7 Å². The highest BCUT2D eigenvalue weighted by Gasteiger charge is 2.29. The van der Waals surface area contributed by atoms with Crippen molar-refractivity contribution in [2.75, 3.05) is 27.3 Å². The van der Waals surface area contributed by atoms with Gasteiger partial charge in [0.05, 0.1) is 24.9 Å². The molecule has 0 saturated heterocycles. The van der Waals surface area contributed by atoms with Gasteiger partial charge in [-0.15, -0.1) is 6.58 Å². The average molecular weight is 548 g/mol. The molecule has 3 aromatic rings. The van der Waals surface area contributed by atoms with Gasteiger partial charge in [-0.25, -0.2) is 9.67 Å². The first kappa shape index (κ1) is 29.1. The zero-order valence-corrected chi connectivity index (χ0v) is 23.9. The first-order valence-corrected chi connectivity index (χ1v) is 14.2. The van der Waals surface area contributed by atoms with Gasteiger partial charge in [-0.05, 0) is 63.6 Å². The molecule has 1 saturated carbocycles. The van der Waals surface area contributed by atoms with E-state index in [9.17, 15) is 9.59 Å². The third kappa shape index (κ3) is 8.07. The Hall–Kier alpha value is -3.88. The molecule has 9 nitrogen and oxygen atoms in total. The molecule has 40 heavy (non-hydrogen) atoms. The molecule has 2 amide bonds. The molecular weight excluding hydrogens is 506 g/mol. The molecule has 1 atom stereocenters. The van der Waals surface area contributed by atoms with Gasteiger partial charge < -0.3 is 19.7 Å². The predicted octanol–water partition coefficient (Wildman–Crippen LogP) is 5.00. The summed E-state index contributed by atoms with van der Waals surface area (Å²) in [6.45, 7) is 6.65. The number of nitrogens with one attached hydrogen (secondary N) is 1. The van der Waals surface area contributed by atoms with Gasteiger partial charge in [-0.1, -0.05) is 12.5 Å². The molecule has 4 rings (SSSR count). The number of hydrogen-bond acceptors (Lipinski definition) is 6. The molecule has 1 aliphatic carbocycles. The lowest BCUT2D eigenvalue weighted by atomic mass is 9.99. The van der Waals surface area contributed by atoms with E-state index in [2.05, 4.69) is 17.0 Å². The Kier molecular flexibility index (Phi) is 10.2. The number of carbonyl (C=O) groups excluding carboxylic acids is 2. The monoisotopic (exact) mass is 547 g/mol. The largest absolute Gasteiger partial charge is 0.497 e. The predicted molar refractivity (Wildman–Crippen MR) is 156 cm³/mol. The Morgan fingerprint density at radius 3 is 2.75 bits per heavy atom. The summed E-state index contributed by atoms with van der Waals surface area (Å²) in [7, 11) is 3.44. The van der Waals surface area contributed by atoms with E-state index >= 15 is 0 Å². The normalized spacial score (nSPS) is 13.6. The molecule has 214 valence electrons. The van der Waals surface area contributed by atoms with Crippen molar-refractivity contribution in [3.05, 3.63) is 54.9 Å². The third-order valence-electron chi connectivity index (χ3n) is 7.19. The van der Waals surface area contributed by atoms with Crippen LogP contribution in [0.1, 0.15) is 57.1 Å². The lowest BCUT2D eigenvalue weighted by Gasteiger charge is -2.22. The fourth-order valence-electron chi connectivity index (χ4n) is 4.56. The summed E-state index contributed by atoms with van der Waals surface area (Å²) in [5, 5.41) is 8.40. The Bertz CT molecular complexity index is 1320. The van der Waals surface area contributed by atoms with Crippen LogP contribution in [0.4, 0.5) is 0 Å². The van der Waals surface area contributed by atoms with Crippen LogP contribution in [-0.4, -0.2) is 64.8 Å². The Morgan fingerprint density at radius 2 is 2.05 bits per heavy atom. The molecule has 1 fully saturated rings. The second kappa shape index (κ2) is 14.0. The topological polar surface area (TPSA) is 98.6 Å². The summed E-state index contributed by atoms with van der Waals surface area (Å²) >= 11 is 0. The molecule has 1 aliphatic rings. The molecule has 1 unspecified atom stereocenters. The van der Waals surface area contributed by atoms with Crippen molar-refractivity contribution in [2.24, 2.45) is 5.92 Å². The van der Waals surface area contributed by atoms with E-state index in [1.54, 1.807) is 16.7 Å². The summed E-state index contributed by atoms with van der Waals surface area (Å²) < 4.78 is 13.4. The van der Waals surface area contributed by atoms with Crippen molar-refractivity contribution in [3.63, 3.8) is 0 Å². The number of rotatable bonds is 16. The number of benzene rings is 1. The van der Waals surface area contributed by atoms with Gasteiger partial charge in [-0.2, -0.15) is 5.10 Å². The van der Waals surface area contributed by atoms with Crippen LogP contribution in [0.15, 0.2) is 49.2 Å². The number of carbonyl (C=O) groups is 2. The van der Waals surface area contributed by atoms with E-state index in [0.29, 0.717) is 35.8 Å². The second-order valence-electron chi connectivity index (χ2n) is 10.5. The van der Waals surface area contributed by atoms with E-state index in [1.165, 1.54) is 0 Å². The van der Waals surface area contributed by atoms with Gasteiger partial charge in [0.2, 0.25) is 11.8 Å². The minimum absolute atomic E-state index is 0.0162. The number of ether oxygens (including phenoxy) is 2. The minimum atomic E-state index is -0.460. The quantitative estimate of drug-likeness (QED) is 0.200. The Morgan fingerprint density at radius 1 is 1.23 bits per heavy atom. The minimum Gasteiger partial charge on any atom is -0.497 e. The lowest BCUT2D eigenvalue weighted by molar-refractivity contribution is -0.135. The molecule has 1 N–H and O–H groups in total. The second-order valence-corrected chi connectivity index (χ2v) is 10.5. The number of unbranched alkanes of at least 4 members (excludes halogenated alkanes) is 3. The lowest BCUT2D eigenvalue weighted by Crippen LogP contribution is -2.37. The van der Waals surface area contributed by atoms with Gasteiger partial charge in [-0.3, -0.25) is 9.59 Å². The van der Waals surface area contributed by atoms with Crippen LogP contribution < -0.4 is 14.8 Å². The summed E-state index contributed by atoms with van der Waals surface area (Å²) in [5.41, 5.74) is 1.60. The van der Waals surface area contributed by atoms with Crippen LogP contribution in [0, 0.1) is 12.8 Å². The average Bonchev–Trinajstić information content (AvgIpc) is 3.66. The highest BCUT2D eigenvalue weighted by molar-refractivity contribution is 5.87. The van der Waals surface area contributed by atoms with Crippen LogP contribution in [0.3, 0.4) is 0 Å². The summed E-state index contributed by atoms with van der Waals surface area (Å²) in [5.74, 6) is 1.41. The highest BCUT2D eigenvalue weighted by Crippen LogP contribution is 2.30. The number of amides is 2. The number of nitrogens with zero attached hydrogens (tertiary/aromatic N) is 4. The molecular formula is C31H41N5O4. The van der Waals surface area contributed by atoms with Gasteiger partial charge in [0.1, 0.15) is 11.5 Å². The Balaban J connectivity index is 1.45. The number of allylic oxidation sites excluding steroid dienone is 1. The van der Waals surface area contributed by atoms with Crippen molar-refractivity contribution < 1.29 is 19.1 Å². The zero-order valence-electron chi connectivity index (χ0n) is 23.9. The molecule has 0 bridgehead atoms. The van der Waals surface area contributed by atoms with Gasteiger partial charge in [0, 0.05) is 55.7 Å². The van der Waals surface area contributed by atoms with E-state index in [0.717, 1.165) is 49.6 Å². The van der Waals surface area contributed by atoms with Crippen molar-refractivity contribution >= 4 is 22.7 Å². The molecule has 0 spiro atoms. The summed E-state index contributed by atoms with van der Waals surface area (Å²) in [6.07, 6.45) is 10.4. The third-order valence-corrected chi connectivity index (χ3v) is 7.19. The number of hydrogen-bond donors (Lipinski definition) is 1. The van der Waals surface area contributed by atoms with Crippen molar-refractivity contribution in [1.82, 2.24) is 25.0 Å². The fraction of sp³-hybridized carbons (Fsp3) is 0.484. The summed E-state index contributed by atoms with van der Waals surface area (Å²) in [6, 6.07) is 9.64. The number of methoxy groups -OCH3 is 1. The molecule has 9 heteroatoms. The van der Waals surface area contributed by atoms with Gasteiger partial charge in [0.25, 0.3) is 0 Å². The fourth-order valence-corrected chi connectivity index (χ4v) is 4.56. The van der Waals surface area contributed by atoms with Crippen LogP contribution in [0.5, 0.6) is 11.5 Å². The first-order chi connectivity index (χ1) is 19.4. The van der Waals surface area contributed by atoms with Gasteiger partial charge >= 0.3 is 0 Å². The van der Waals surface area contributed by atoms with Crippen LogP contribution >= 0.6 is 0 Å². The smallest absolute Gasteiger partial charge is 0.223 e. The zero-order chi connectivity index (χ0) is 28.5. The van der Waals surface area contributed by atoms with Crippen molar-refractivity contribution in [1.29, 1.82) is 0 Å². The molecule has 0 aliphatic heterocycles. The van der Waals surface area contributed by atoms with Gasteiger partial charge in [0.15, 0.2) is 5.82 Å².